The van der Waals surface area contributed by atoms with Crippen LogP contribution in [0.3, 0.4) is 0 Å². The van der Waals surface area contributed by atoms with Crippen molar-refractivity contribution in [1.29, 1.82) is 0 Å². The Balaban J connectivity index is 2.06. The second kappa shape index (κ2) is 7.36. The fraction of sp³-hybridized carbons (Fsp3) is 0.875. The van der Waals surface area contributed by atoms with E-state index in [0.717, 1.165) is 38.2 Å². The zero-order chi connectivity index (χ0) is 15.3. The SMILES string of the molecule is CCCOCC(N)c1noc(C2(CC(C)C)CCCC2)n1. The number of aromatic nitrogens is 2. The van der Waals surface area contributed by atoms with Gasteiger partial charge >= 0.3 is 0 Å². The zero-order valence-corrected chi connectivity index (χ0v) is 13.6. The molecule has 21 heavy (non-hydrogen) atoms. The molecular formula is C16H29N3O2. The molecule has 0 aromatic carbocycles. The van der Waals surface area contributed by atoms with Gasteiger partial charge in [0.1, 0.15) is 0 Å². The van der Waals surface area contributed by atoms with Crippen LogP contribution in [0.5, 0.6) is 0 Å². The maximum absolute atomic E-state index is 6.08. The minimum absolute atomic E-state index is 0.0728. The van der Waals surface area contributed by atoms with Gasteiger partial charge in [0.15, 0.2) is 5.82 Å². The Bertz CT molecular complexity index is 425. The molecule has 0 spiro atoms. The topological polar surface area (TPSA) is 74.2 Å². The van der Waals surface area contributed by atoms with E-state index in [4.69, 9.17) is 15.0 Å². The van der Waals surface area contributed by atoms with Crippen molar-refractivity contribution in [2.75, 3.05) is 13.2 Å². The van der Waals surface area contributed by atoms with Crippen LogP contribution in [0, 0.1) is 5.92 Å². The van der Waals surface area contributed by atoms with Crippen LogP contribution in [0.4, 0.5) is 0 Å². The van der Waals surface area contributed by atoms with Gasteiger partial charge in [0.25, 0.3) is 0 Å². The summed E-state index contributed by atoms with van der Waals surface area (Å²) in [4.78, 5) is 4.61. The molecule has 1 heterocycles. The molecule has 0 saturated heterocycles. The quantitative estimate of drug-likeness (QED) is 0.744. The highest BCUT2D eigenvalue weighted by atomic mass is 16.5. The number of nitrogens with zero attached hydrogens (tertiary/aromatic N) is 2. The first-order chi connectivity index (χ1) is 10.1. The van der Waals surface area contributed by atoms with E-state index >= 15 is 0 Å². The lowest BCUT2D eigenvalue weighted by Crippen LogP contribution is -2.25. The molecular weight excluding hydrogens is 266 g/mol. The van der Waals surface area contributed by atoms with Crippen molar-refractivity contribution in [3.63, 3.8) is 0 Å². The normalized spacial score (nSPS) is 19.3. The van der Waals surface area contributed by atoms with Crippen LogP contribution in [-0.2, 0) is 10.2 Å². The highest BCUT2D eigenvalue weighted by molar-refractivity contribution is 5.09. The van der Waals surface area contributed by atoms with Gasteiger partial charge in [0.05, 0.1) is 12.6 Å². The van der Waals surface area contributed by atoms with Gasteiger partial charge in [0.2, 0.25) is 5.89 Å². The van der Waals surface area contributed by atoms with E-state index in [1.54, 1.807) is 0 Å². The highest BCUT2D eigenvalue weighted by Crippen LogP contribution is 2.45. The van der Waals surface area contributed by atoms with Crippen molar-refractivity contribution >= 4 is 0 Å². The van der Waals surface area contributed by atoms with Gasteiger partial charge in [-0.3, -0.25) is 0 Å². The van der Waals surface area contributed by atoms with E-state index < -0.39 is 0 Å². The first-order valence-electron chi connectivity index (χ1n) is 8.25. The molecule has 1 aromatic rings. The predicted octanol–water partition coefficient (Wildman–Crippen LogP) is 3.35. The number of ether oxygens (including phenoxy) is 1. The fourth-order valence-electron chi connectivity index (χ4n) is 3.37. The van der Waals surface area contributed by atoms with E-state index in [9.17, 15) is 0 Å². The third-order valence-corrected chi connectivity index (χ3v) is 4.23. The monoisotopic (exact) mass is 295 g/mol. The Hall–Kier alpha value is -0.940. The van der Waals surface area contributed by atoms with Gasteiger partial charge in [0, 0.05) is 12.0 Å². The number of rotatable bonds is 8. The number of hydrogen-bond donors (Lipinski definition) is 1. The lowest BCUT2D eigenvalue weighted by Gasteiger charge is -2.26. The lowest BCUT2D eigenvalue weighted by molar-refractivity contribution is 0.119. The molecule has 5 nitrogen and oxygen atoms in total. The Morgan fingerprint density at radius 1 is 1.33 bits per heavy atom. The second-order valence-electron chi connectivity index (χ2n) is 6.72. The van der Waals surface area contributed by atoms with Gasteiger partial charge in [-0.2, -0.15) is 4.98 Å². The van der Waals surface area contributed by atoms with Gasteiger partial charge in [-0.25, -0.2) is 0 Å². The van der Waals surface area contributed by atoms with Crippen LogP contribution in [0.1, 0.15) is 77.1 Å². The van der Waals surface area contributed by atoms with Crippen LogP contribution >= 0.6 is 0 Å². The molecule has 120 valence electrons. The number of hydrogen-bond acceptors (Lipinski definition) is 5. The Labute approximate surface area is 127 Å². The first-order valence-corrected chi connectivity index (χ1v) is 8.25. The smallest absolute Gasteiger partial charge is 0.232 e. The number of nitrogens with two attached hydrogens (primary N) is 1. The third-order valence-electron chi connectivity index (χ3n) is 4.23. The van der Waals surface area contributed by atoms with Crippen LogP contribution in [0.15, 0.2) is 4.52 Å². The maximum Gasteiger partial charge on any atom is 0.232 e. The molecule has 0 bridgehead atoms. The van der Waals surface area contributed by atoms with Crippen LogP contribution in [0.25, 0.3) is 0 Å². The molecule has 1 fully saturated rings. The molecule has 0 amide bonds. The summed E-state index contributed by atoms with van der Waals surface area (Å²) in [5.41, 5.74) is 6.16. The van der Waals surface area contributed by atoms with E-state index in [1.165, 1.54) is 12.8 Å². The maximum atomic E-state index is 6.08. The van der Waals surface area contributed by atoms with Crippen molar-refractivity contribution in [2.45, 2.75) is 70.8 Å². The summed E-state index contributed by atoms with van der Waals surface area (Å²) in [7, 11) is 0. The van der Waals surface area contributed by atoms with E-state index in [1.807, 2.05) is 0 Å². The van der Waals surface area contributed by atoms with Gasteiger partial charge in [-0.15, -0.1) is 0 Å². The average molecular weight is 295 g/mol. The summed E-state index contributed by atoms with van der Waals surface area (Å²) in [6, 6.07) is -0.299. The highest BCUT2D eigenvalue weighted by Gasteiger charge is 2.41. The molecule has 0 aliphatic heterocycles. The van der Waals surface area contributed by atoms with E-state index in [-0.39, 0.29) is 11.5 Å². The largest absolute Gasteiger partial charge is 0.379 e. The van der Waals surface area contributed by atoms with Crippen molar-refractivity contribution in [2.24, 2.45) is 11.7 Å². The van der Waals surface area contributed by atoms with Crippen LogP contribution in [0.2, 0.25) is 0 Å². The summed E-state index contributed by atoms with van der Waals surface area (Å²) < 4.78 is 11.1. The van der Waals surface area contributed by atoms with Crippen molar-refractivity contribution in [3.8, 4) is 0 Å². The van der Waals surface area contributed by atoms with Crippen molar-refractivity contribution in [1.82, 2.24) is 10.1 Å². The third kappa shape index (κ3) is 4.04. The molecule has 0 radical (unpaired) electrons. The first kappa shape index (κ1) is 16.4. The Morgan fingerprint density at radius 2 is 2.05 bits per heavy atom. The van der Waals surface area contributed by atoms with Crippen molar-refractivity contribution in [3.05, 3.63) is 11.7 Å². The summed E-state index contributed by atoms with van der Waals surface area (Å²) in [5, 5.41) is 4.10. The zero-order valence-electron chi connectivity index (χ0n) is 13.6. The standard InChI is InChI=1S/C16H29N3O2/c1-4-9-20-11-13(17)14-18-15(21-19-14)16(10-12(2)3)7-5-6-8-16/h12-13H,4-11,17H2,1-3H3. The van der Waals surface area contributed by atoms with Gasteiger partial charge < -0.3 is 15.0 Å². The molecule has 1 aromatic heterocycles. The Kier molecular flexibility index (Phi) is 5.76. The molecule has 1 atom stereocenters. The van der Waals surface area contributed by atoms with Gasteiger partial charge in [-0.05, 0) is 31.6 Å². The van der Waals surface area contributed by atoms with Crippen LogP contribution in [-0.4, -0.2) is 23.4 Å². The van der Waals surface area contributed by atoms with Crippen molar-refractivity contribution < 1.29 is 9.26 Å². The molecule has 2 rings (SSSR count). The molecule has 5 heteroatoms. The molecule has 1 aliphatic rings. The summed E-state index contributed by atoms with van der Waals surface area (Å²) in [5.74, 6) is 1.99. The minimum atomic E-state index is -0.299. The molecule has 2 N–H and O–H groups in total. The molecule has 1 unspecified atom stereocenters. The molecule has 1 aliphatic carbocycles. The Morgan fingerprint density at radius 3 is 2.67 bits per heavy atom. The average Bonchev–Trinajstić information content (AvgIpc) is 3.07. The molecule has 1 saturated carbocycles. The summed E-state index contributed by atoms with van der Waals surface area (Å²) in [6.07, 6.45) is 6.88. The summed E-state index contributed by atoms with van der Waals surface area (Å²) in [6.45, 7) is 7.75. The fourth-order valence-corrected chi connectivity index (χ4v) is 3.37. The lowest BCUT2D eigenvalue weighted by atomic mass is 9.78. The van der Waals surface area contributed by atoms with Crippen LogP contribution < -0.4 is 5.73 Å². The summed E-state index contributed by atoms with van der Waals surface area (Å²) >= 11 is 0. The van der Waals surface area contributed by atoms with E-state index in [0.29, 0.717) is 18.3 Å². The van der Waals surface area contributed by atoms with Gasteiger partial charge in [-0.1, -0.05) is 38.8 Å². The minimum Gasteiger partial charge on any atom is -0.379 e. The predicted molar refractivity (Wildman–Crippen MR) is 81.9 cm³/mol. The van der Waals surface area contributed by atoms with E-state index in [2.05, 4.69) is 30.9 Å². The second-order valence-corrected chi connectivity index (χ2v) is 6.72.